The second-order valence-corrected chi connectivity index (χ2v) is 1.49. The maximum absolute atomic E-state index is 11.0. The molecule has 44 valence electrons. The van der Waals surface area contributed by atoms with Crippen molar-refractivity contribution >= 4 is 17.7 Å². The van der Waals surface area contributed by atoms with Gasteiger partial charge in [-0.2, -0.15) is 0 Å². The predicted molar refractivity (Wildman–Crippen MR) is 25.7 cm³/mol. The number of hydrogen-bond acceptors (Lipinski definition) is 1. The Morgan fingerprint density at radius 3 is 2.12 bits per heavy atom. The van der Waals surface area contributed by atoms with Gasteiger partial charge in [0, 0.05) is 0 Å². The Balaban J connectivity index is -0.000000180. The van der Waals surface area contributed by atoms with E-state index in [0.717, 1.165) is 0 Å². The molecule has 0 amide bonds. The van der Waals surface area contributed by atoms with Gasteiger partial charge >= 0.3 is 51.4 Å². The van der Waals surface area contributed by atoms with Crippen LogP contribution in [0.5, 0.6) is 0 Å². The smallest absolute Gasteiger partial charge is 1.00 e. The van der Waals surface area contributed by atoms with Gasteiger partial charge in [0.25, 0.3) is 0 Å². The summed E-state index contributed by atoms with van der Waals surface area (Å²) in [5.41, 5.74) is 0. The van der Waals surface area contributed by atoms with Crippen LogP contribution in [0.25, 0.3) is 0 Å². The zero-order chi connectivity index (χ0) is 5.86. The Kier molecular flexibility index (Phi) is 10.1. The molecule has 0 aromatic carbocycles. The third-order valence-electron chi connectivity index (χ3n) is 0.329. The van der Waals surface area contributed by atoms with Crippen LogP contribution in [0.1, 0.15) is 7.85 Å². The topological polar surface area (TPSA) is 17.1 Å². The van der Waals surface area contributed by atoms with Crippen molar-refractivity contribution in [3.8, 4) is 0 Å². The van der Waals surface area contributed by atoms with E-state index >= 15 is 0 Å². The van der Waals surface area contributed by atoms with E-state index in [0.29, 0.717) is 0 Å². The Bertz CT molecular complexity index is 82.2. The van der Waals surface area contributed by atoms with E-state index in [1.54, 1.807) is 0 Å². The van der Waals surface area contributed by atoms with E-state index in [9.17, 15) is 13.6 Å². The summed E-state index contributed by atoms with van der Waals surface area (Å²) in [4.78, 5) is 9.64. The summed E-state index contributed by atoms with van der Waals surface area (Å²) in [6, 6.07) is 0. The molecule has 0 aromatic rings. The molecule has 1 nitrogen and oxygen atoms in total. The van der Waals surface area contributed by atoms with E-state index < -0.39 is 18.0 Å². The molecule has 0 rings (SSSR count). The summed E-state index contributed by atoms with van der Waals surface area (Å²) in [6.07, 6.45) is -3.30. The van der Waals surface area contributed by atoms with Crippen LogP contribution in [-0.2, 0) is 4.79 Å². The molecule has 0 saturated carbocycles. The van der Waals surface area contributed by atoms with Crippen LogP contribution in [-0.4, -0.2) is 11.5 Å². The molecule has 8 heavy (non-hydrogen) atoms. The molecule has 0 heterocycles. The van der Waals surface area contributed by atoms with Crippen molar-refractivity contribution in [1.82, 2.24) is 0 Å². The van der Waals surface area contributed by atoms with Crippen molar-refractivity contribution in [2.24, 2.45) is 0 Å². The number of alkyl halides is 2. The molecule has 0 aromatic heterocycles. The van der Waals surface area contributed by atoms with Crippen molar-refractivity contribution in [1.29, 1.82) is 0 Å². The van der Waals surface area contributed by atoms with E-state index in [2.05, 4.69) is 12.6 Å². The van der Waals surface area contributed by atoms with Crippen LogP contribution in [0, 0.1) is 0 Å². The second kappa shape index (κ2) is 6.63. The molecule has 0 radical (unpaired) electrons. The molecule has 0 aliphatic carbocycles. The first kappa shape index (κ1) is 12.2. The normalized spacial score (nSPS) is 8.50. The third-order valence-corrected chi connectivity index (χ3v) is 0.511. The molecule has 0 bridgehead atoms. The third kappa shape index (κ3) is 10.5. The van der Waals surface area contributed by atoms with Crippen LogP contribution >= 0.6 is 12.6 Å². The number of halogens is 2. The van der Waals surface area contributed by atoms with Gasteiger partial charge in [0.1, 0.15) is 0 Å². The van der Waals surface area contributed by atoms with E-state index in [1.807, 2.05) is 0 Å². The number of carbonyl (C=O) groups is 1. The SMILES string of the molecule is O=C(S)CC(F)F.[H-].[K+]. The Morgan fingerprint density at radius 1 is 1.75 bits per heavy atom. The summed E-state index contributed by atoms with van der Waals surface area (Å²) in [6.45, 7) is 0. The van der Waals surface area contributed by atoms with Crippen LogP contribution in [0.4, 0.5) is 8.78 Å². The van der Waals surface area contributed by atoms with Gasteiger partial charge in [-0.15, -0.1) is 12.6 Å². The average molecular weight is 166 g/mol. The Morgan fingerprint density at radius 2 is 2.12 bits per heavy atom. The fourth-order valence-electron chi connectivity index (χ4n) is 0.132. The van der Waals surface area contributed by atoms with Crippen molar-refractivity contribution in [2.45, 2.75) is 12.8 Å². The molecule has 0 N–H and O–H groups in total. The van der Waals surface area contributed by atoms with Crippen molar-refractivity contribution < 1.29 is 66.4 Å². The van der Waals surface area contributed by atoms with Gasteiger partial charge in [-0.25, -0.2) is 8.78 Å². The molecule has 0 saturated heterocycles. The average Bonchev–Trinajstić information content (AvgIpc) is 1.27. The zero-order valence-electron chi connectivity index (χ0n) is 5.40. The van der Waals surface area contributed by atoms with Gasteiger partial charge in [0.15, 0.2) is 5.12 Å². The largest absolute Gasteiger partial charge is 1.00 e. The van der Waals surface area contributed by atoms with E-state index in [1.165, 1.54) is 0 Å². The van der Waals surface area contributed by atoms with Crippen molar-refractivity contribution in [3.05, 3.63) is 0 Å². The Hall–Kier alpha value is 1.52. The van der Waals surface area contributed by atoms with Crippen LogP contribution < -0.4 is 51.4 Å². The van der Waals surface area contributed by atoms with Gasteiger partial charge < -0.3 is 1.43 Å². The summed E-state index contributed by atoms with van der Waals surface area (Å²) in [5, 5.41) is -0.769. The predicted octanol–water partition coefficient (Wildman–Crippen LogP) is -1.79. The first-order valence-corrected chi connectivity index (χ1v) is 2.07. The maximum Gasteiger partial charge on any atom is 1.00 e. The van der Waals surface area contributed by atoms with Gasteiger partial charge in [0.05, 0.1) is 6.42 Å². The fourth-order valence-corrected chi connectivity index (χ4v) is 0.270. The van der Waals surface area contributed by atoms with Crippen LogP contribution in [0.15, 0.2) is 0 Å². The van der Waals surface area contributed by atoms with Gasteiger partial charge in [0.2, 0.25) is 6.43 Å². The molecule has 0 unspecified atom stereocenters. The van der Waals surface area contributed by atoms with Crippen LogP contribution in [0.2, 0.25) is 0 Å². The van der Waals surface area contributed by atoms with Crippen molar-refractivity contribution in [2.75, 3.05) is 0 Å². The monoisotopic (exact) mass is 166 g/mol. The van der Waals surface area contributed by atoms with E-state index in [4.69, 9.17) is 0 Å². The molecule has 5 heteroatoms. The summed E-state index contributed by atoms with van der Waals surface area (Å²) >= 11 is 3.12. The molecule has 0 fully saturated rings. The van der Waals surface area contributed by atoms with Gasteiger partial charge in [-0.3, -0.25) is 4.79 Å². The van der Waals surface area contributed by atoms with Gasteiger partial charge in [-0.05, 0) is 0 Å². The number of carbonyl (C=O) groups excluding carboxylic acids is 1. The molecule has 0 aliphatic rings. The molecule has 0 aliphatic heterocycles. The molecule has 0 atom stereocenters. The second-order valence-electron chi connectivity index (χ2n) is 0.989. The zero-order valence-corrected chi connectivity index (χ0v) is 8.41. The fraction of sp³-hybridized carbons (Fsp3) is 0.667. The molecule has 0 spiro atoms. The van der Waals surface area contributed by atoms with Crippen LogP contribution in [0.3, 0.4) is 0 Å². The first-order chi connectivity index (χ1) is 3.13. The number of hydrogen-bond donors (Lipinski definition) is 1. The molecular formula is C3H5F2KOS. The quantitative estimate of drug-likeness (QED) is 0.379. The summed E-state index contributed by atoms with van der Waals surface area (Å²) < 4.78 is 22.0. The number of thiol groups is 1. The van der Waals surface area contributed by atoms with E-state index in [-0.39, 0.29) is 52.8 Å². The first-order valence-electron chi connectivity index (χ1n) is 1.63. The Labute approximate surface area is 95.5 Å². The molecular weight excluding hydrogens is 161 g/mol. The minimum atomic E-state index is -2.55. The standard InChI is InChI=1S/C3H4F2OS.K.H/c4-2(5)1-3(6)7;;/h2H,1H2,(H,6,7);;/q;+1;-1. The maximum atomic E-state index is 11.0. The van der Waals surface area contributed by atoms with Gasteiger partial charge in [-0.1, -0.05) is 0 Å². The number of rotatable bonds is 2. The minimum Gasteiger partial charge on any atom is -1.00 e. The summed E-state index contributed by atoms with van der Waals surface area (Å²) in [7, 11) is 0. The van der Waals surface area contributed by atoms with Crippen molar-refractivity contribution in [3.63, 3.8) is 0 Å². The minimum absolute atomic E-state index is 0. The summed E-state index contributed by atoms with van der Waals surface area (Å²) in [5.74, 6) is 0.